The largest absolute Gasteiger partial charge is 0.459 e. The van der Waals surface area contributed by atoms with E-state index in [1.807, 2.05) is 0 Å². The van der Waals surface area contributed by atoms with Gasteiger partial charge in [-0.2, -0.15) is 0 Å². The van der Waals surface area contributed by atoms with Gasteiger partial charge in [0.25, 0.3) is 0 Å². The molecule has 12 heteroatoms. The molecule has 2 aromatic heterocycles. The first-order valence-electron chi connectivity index (χ1n) is 13.6. The number of thioether (sulfide) groups is 1. The van der Waals surface area contributed by atoms with Crippen molar-refractivity contribution in [2.75, 3.05) is 12.3 Å². The minimum Gasteiger partial charge on any atom is -0.459 e. The lowest BCUT2D eigenvalue weighted by Gasteiger charge is -2.24. The van der Waals surface area contributed by atoms with E-state index in [2.05, 4.69) is 10.2 Å². The zero-order chi connectivity index (χ0) is 30.5. The van der Waals surface area contributed by atoms with Gasteiger partial charge < -0.3 is 24.7 Å². The maximum absolute atomic E-state index is 13.3. The smallest absolute Gasteiger partial charge is 0.338 e. The van der Waals surface area contributed by atoms with Crippen LogP contribution in [0.15, 0.2) is 114 Å². The topological polar surface area (TPSA) is 144 Å². The van der Waals surface area contributed by atoms with Crippen molar-refractivity contribution in [2.24, 2.45) is 0 Å². The number of benzene rings is 3. The van der Waals surface area contributed by atoms with Crippen molar-refractivity contribution in [2.45, 2.75) is 28.9 Å². The Hall–Kier alpha value is -5.20. The molecule has 4 unspecified atom stereocenters. The second-order valence-corrected chi connectivity index (χ2v) is 10.8. The first-order chi connectivity index (χ1) is 21.5. The standard InChI is InChI=1S/C32H26N4O7S/c33-23-17-10-18-36-27(23)34-35-32(36)44-31-26(43-30(39)22-15-8-3-9-16-22)25(42-29(38)21-13-6-2-7-14-21)24(41-31)19-40-28(37)20-11-4-1-5-12-20/h1-18,24-26,31H,19,33H2. The number of hydrogen-bond donors (Lipinski definition) is 1. The highest BCUT2D eigenvalue weighted by molar-refractivity contribution is 7.99. The number of esters is 3. The molecule has 1 saturated heterocycles. The Labute approximate surface area is 255 Å². The molecule has 2 N–H and O–H groups in total. The number of aromatic nitrogens is 3. The maximum atomic E-state index is 13.3. The predicted molar refractivity (Wildman–Crippen MR) is 160 cm³/mol. The van der Waals surface area contributed by atoms with E-state index < -0.39 is 41.7 Å². The number of hydrogen-bond acceptors (Lipinski definition) is 11. The molecule has 0 amide bonds. The van der Waals surface area contributed by atoms with E-state index in [0.717, 1.165) is 11.8 Å². The van der Waals surface area contributed by atoms with Crippen molar-refractivity contribution >= 4 is 41.0 Å². The van der Waals surface area contributed by atoms with Crippen molar-refractivity contribution in [3.05, 3.63) is 126 Å². The maximum Gasteiger partial charge on any atom is 0.338 e. The molecule has 11 nitrogen and oxygen atoms in total. The van der Waals surface area contributed by atoms with Gasteiger partial charge in [-0.3, -0.25) is 4.40 Å². The molecule has 0 aliphatic carbocycles. The number of ether oxygens (including phenoxy) is 4. The second kappa shape index (κ2) is 13.0. The number of fused-ring (bicyclic) bond motifs is 1. The lowest BCUT2D eigenvalue weighted by molar-refractivity contribution is -0.0435. The molecule has 3 aromatic carbocycles. The van der Waals surface area contributed by atoms with Crippen molar-refractivity contribution in [3.8, 4) is 0 Å². The van der Waals surface area contributed by atoms with E-state index in [4.69, 9.17) is 24.7 Å². The quantitative estimate of drug-likeness (QED) is 0.187. The molecule has 1 aliphatic rings. The Morgan fingerprint density at radius 2 is 1.27 bits per heavy atom. The Morgan fingerprint density at radius 1 is 0.727 bits per heavy atom. The molecular weight excluding hydrogens is 584 g/mol. The van der Waals surface area contributed by atoms with Crippen LogP contribution >= 0.6 is 11.8 Å². The monoisotopic (exact) mass is 610 g/mol. The fourth-order valence-electron chi connectivity index (χ4n) is 4.64. The lowest BCUT2D eigenvalue weighted by atomic mass is 10.1. The summed E-state index contributed by atoms with van der Waals surface area (Å²) in [6.45, 7) is -0.287. The molecule has 1 fully saturated rings. The lowest BCUT2D eigenvalue weighted by Crippen LogP contribution is -2.41. The van der Waals surface area contributed by atoms with Crippen LogP contribution in [0.4, 0.5) is 5.69 Å². The van der Waals surface area contributed by atoms with E-state index in [-0.39, 0.29) is 12.2 Å². The first kappa shape index (κ1) is 28.9. The number of nitrogens with zero attached hydrogens (tertiary/aromatic N) is 3. The van der Waals surface area contributed by atoms with E-state index in [9.17, 15) is 14.4 Å². The van der Waals surface area contributed by atoms with Gasteiger partial charge in [0, 0.05) is 6.20 Å². The number of rotatable bonds is 9. The average molecular weight is 611 g/mol. The summed E-state index contributed by atoms with van der Waals surface area (Å²) in [5.74, 6) is -1.90. The minimum absolute atomic E-state index is 0.287. The predicted octanol–water partition coefficient (Wildman–Crippen LogP) is 4.44. The van der Waals surface area contributed by atoms with Gasteiger partial charge >= 0.3 is 17.9 Å². The zero-order valence-corrected chi connectivity index (χ0v) is 23.9. The van der Waals surface area contributed by atoms with E-state index >= 15 is 0 Å². The molecule has 5 aromatic rings. The fourth-order valence-corrected chi connectivity index (χ4v) is 5.73. The van der Waals surface area contributed by atoms with Crippen LogP contribution in [-0.2, 0) is 18.9 Å². The number of nitrogens with two attached hydrogens (primary N) is 1. The van der Waals surface area contributed by atoms with Gasteiger partial charge in [0.15, 0.2) is 28.4 Å². The third kappa shape index (κ3) is 6.26. The van der Waals surface area contributed by atoms with Gasteiger partial charge in [-0.15, -0.1) is 10.2 Å². The molecule has 0 radical (unpaired) electrons. The van der Waals surface area contributed by atoms with Crippen LogP contribution in [0.25, 0.3) is 5.65 Å². The molecule has 3 heterocycles. The summed E-state index contributed by atoms with van der Waals surface area (Å²) in [4.78, 5) is 39.4. The first-order valence-corrected chi connectivity index (χ1v) is 14.5. The second-order valence-electron chi connectivity index (χ2n) is 9.74. The molecule has 6 rings (SSSR count). The van der Waals surface area contributed by atoms with Crippen molar-refractivity contribution in [1.82, 2.24) is 14.6 Å². The van der Waals surface area contributed by atoms with E-state index in [1.54, 1.807) is 114 Å². The van der Waals surface area contributed by atoms with Gasteiger partial charge in [0.2, 0.25) is 0 Å². The van der Waals surface area contributed by atoms with Gasteiger partial charge in [-0.25, -0.2) is 14.4 Å². The number of anilines is 1. The molecular formula is C32H26N4O7S. The molecule has 0 bridgehead atoms. The van der Waals surface area contributed by atoms with E-state index in [0.29, 0.717) is 27.6 Å². The van der Waals surface area contributed by atoms with E-state index in [1.165, 1.54) is 0 Å². The minimum atomic E-state index is -1.15. The molecule has 0 spiro atoms. The van der Waals surface area contributed by atoms with Crippen LogP contribution < -0.4 is 5.73 Å². The van der Waals surface area contributed by atoms with Gasteiger partial charge in [0.05, 0.1) is 22.4 Å². The number of carbonyl (C=O) groups excluding carboxylic acids is 3. The van der Waals surface area contributed by atoms with Crippen molar-refractivity contribution < 1.29 is 33.3 Å². The van der Waals surface area contributed by atoms with Crippen molar-refractivity contribution in [1.29, 1.82) is 0 Å². The van der Waals surface area contributed by atoms with Gasteiger partial charge in [-0.1, -0.05) is 54.6 Å². The Morgan fingerprint density at radius 3 is 1.86 bits per heavy atom. The zero-order valence-electron chi connectivity index (χ0n) is 23.1. The van der Waals surface area contributed by atoms with Crippen molar-refractivity contribution in [3.63, 3.8) is 0 Å². The van der Waals surface area contributed by atoms with Crippen LogP contribution in [-0.4, -0.2) is 62.9 Å². The molecule has 44 heavy (non-hydrogen) atoms. The Balaban J connectivity index is 1.33. The van der Waals surface area contributed by atoms with Crippen LogP contribution in [0.1, 0.15) is 31.1 Å². The average Bonchev–Trinajstić information content (AvgIpc) is 3.62. The van der Waals surface area contributed by atoms with Crippen LogP contribution in [0.5, 0.6) is 0 Å². The number of carbonyl (C=O) groups is 3. The highest BCUT2D eigenvalue weighted by Crippen LogP contribution is 2.38. The normalized spacial score (nSPS) is 19.4. The molecule has 222 valence electrons. The number of nitrogen functional groups attached to an aromatic ring is 1. The highest BCUT2D eigenvalue weighted by Gasteiger charge is 2.51. The third-order valence-electron chi connectivity index (χ3n) is 6.82. The van der Waals surface area contributed by atoms with Crippen LogP contribution in [0.2, 0.25) is 0 Å². The van der Waals surface area contributed by atoms with Gasteiger partial charge in [0.1, 0.15) is 12.7 Å². The van der Waals surface area contributed by atoms with Crippen LogP contribution in [0.3, 0.4) is 0 Å². The summed E-state index contributed by atoms with van der Waals surface area (Å²) in [7, 11) is 0. The Kier molecular flexibility index (Phi) is 8.52. The summed E-state index contributed by atoms with van der Waals surface area (Å²) >= 11 is 1.10. The summed E-state index contributed by atoms with van der Waals surface area (Å²) in [5.41, 5.74) is 6.91. The van der Waals surface area contributed by atoms with Gasteiger partial charge in [-0.05, 0) is 60.3 Å². The number of pyridine rings is 1. The summed E-state index contributed by atoms with van der Waals surface area (Å²) in [6, 6.07) is 28.7. The fraction of sp³-hybridized carbons (Fsp3) is 0.156. The molecule has 1 aliphatic heterocycles. The summed E-state index contributed by atoms with van der Waals surface area (Å²) in [5, 5.41) is 8.80. The molecule has 0 saturated carbocycles. The summed E-state index contributed by atoms with van der Waals surface area (Å²) < 4.78 is 25.5. The molecule has 4 atom stereocenters. The SMILES string of the molecule is Nc1cccn2c(SC3OC(COC(=O)c4ccccc4)C(OC(=O)c4ccccc4)C3OC(=O)c3ccccc3)nnc12. The highest BCUT2D eigenvalue weighted by atomic mass is 32.2. The summed E-state index contributed by atoms with van der Waals surface area (Å²) in [6.07, 6.45) is -1.54. The van der Waals surface area contributed by atoms with Crippen LogP contribution in [0, 0.1) is 0 Å². The third-order valence-corrected chi connectivity index (χ3v) is 7.92. The Bertz CT molecular complexity index is 1770.